The summed E-state index contributed by atoms with van der Waals surface area (Å²) in [5.74, 6) is -1.06. The lowest BCUT2D eigenvalue weighted by Crippen LogP contribution is -2.51. The van der Waals surface area contributed by atoms with Gasteiger partial charge in [-0.25, -0.2) is 0 Å². The molecular formula is C26H54O4. The molecule has 0 fully saturated rings. The number of hydrogen-bond acceptors (Lipinski definition) is 4. The highest BCUT2D eigenvalue weighted by molar-refractivity contribution is 4.73. The molecular weight excluding hydrogens is 376 g/mol. The molecule has 0 aromatic heterocycles. The van der Waals surface area contributed by atoms with Gasteiger partial charge in [0, 0.05) is 7.11 Å². The average Bonchev–Trinajstić information content (AvgIpc) is 2.76. The summed E-state index contributed by atoms with van der Waals surface area (Å²) >= 11 is 0. The van der Waals surface area contributed by atoms with Gasteiger partial charge < -0.3 is 18.9 Å². The SMILES string of the molecule is CCCCCCCCC(OC)C(OCCCCC)(OCCCCC)OCCCCC. The highest BCUT2D eigenvalue weighted by Crippen LogP contribution is 2.29. The fourth-order valence-corrected chi connectivity index (χ4v) is 3.65. The summed E-state index contributed by atoms with van der Waals surface area (Å²) in [5.41, 5.74) is 0. The molecule has 4 nitrogen and oxygen atoms in total. The molecule has 0 bridgehead atoms. The third-order valence-corrected chi connectivity index (χ3v) is 5.65. The van der Waals surface area contributed by atoms with Crippen LogP contribution in [-0.2, 0) is 18.9 Å². The molecule has 0 saturated heterocycles. The predicted molar refractivity (Wildman–Crippen MR) is 128 cm³/mol. The van der Waals surface area contributed by atoms with Crippen LogP contribution in [0.1, 0.15) is 130 Å². The van der Waals surface area contributed by atoms with Crippen molar-refractivity contribution < 1.29 is 18.9 Å². The van der Waals surface area contributed by atoms with Crippen LogP contribution in [0, 0.1) is 0 Å². The lowest BCUT2D eigenvalue weighted by atomic mass is 10.1. The third kappa shape index (κ3) is 14.8. The standard InChI is InChI=1S/C26H54O4/c1-6-10-14-15-16-17-21-25(27-5)26(28-22-18-11-7-2,29-23-19-12-8-3)30-24-20-13-9-4/h25H,6-24H2,1-5H3. The lowest BCUT2D eigenvalue weighted by molar-refractivity contribution is -0.417. The summed E-state index contributed by atoms with van der Waals surface area (Å²) in [6, 6.07) is 0. The molecule has 0 amide bonds. The van der Waals surface area contributed by atoms with Gasteiger partial charge in [-0.3, -0.25) is 0 Å². The Morgan fingerprint density at radius 3 is 1.27 bits per heavy atom. The average molecular weight is 431 g/mol. The van der Waals surface area contributed by atoms with Crippen molar-refractivity contribution >= 4 is 0 Å². The molecule has 0 saturated carbocycles. The van der Waals surface area contributed by atoms with Crippen molar-refractivity contribution in [1.82, 2.24) is 0 Å². The fraction of sp³-hybridized carbons (Fsp3) is 1.00. The molecule has 0 spiro atoms. The second kappa shape index (κ2) is 22.0. The van der Waals surface area contributed by atoms with Crippen molar-refractivity contribution in [2.24, 2.45) is 0 Å². The van der Waals surface area contributed by atoms with E-state index in [1.165, 1.54) is 51.4 Å². The van der Waals surface area contributed by atoms with Crippen molar-refractivity contribution in [2.75, 3.05) is 26.9 Å². The van der Waals surface area contributed by atoms with Crippen molar-refractivity contribution in [3.05, 3.63) is 0 Å². The highest BCUT2D eigenvalue weighted by atomic mass is 16.9. The Bertz CT molecular complexity index is 304. The van der Waals surface area contributed by atoms with Gasteiger partial charge >= 0.3 is 5.97 Å². The molecule has 182 valence electrons. The normalized spacial score (nSPS) is 13.1. The minimum absolute atomic E-state index is 0.187. The summed E-state index contributed by atoms with van der Waals surface area (Å²) in [6.07, 6.45) is 18.4. The molecule has 0 aliphatic carbocycles. The maximum absolute atomic E-state index is 6.37. The molecule has 0 aromatic rings. The van der Waals surface area contributed by atoms with Crippen LogP contribution in [0.2, 0.25) is 0 Å². The third-order valence-electron chi connectivity index (χ3n) is 5.65. The second-order valence-electron chi connectivity index (χ2n) is 8.55. The van der Waals surface area contributed by atoms with Crippen molar-refractivity contribution in [3.63, 3.8) is 0 Å². The molecule has 1 unspecified atom stereocenters. The van der Waals surface area contributed by atoms with Gasteiger partial charge in [-0.2, -0.15) is 0 Å². The van der Waals surface area contributed by atoms with Gasteiger partial charge in [0.15, 0.2) is 0 Å². The first-order valence-electron chi connectivity index (χ1n) is 13.1. The molecule has 1 atom stereocenters. The van der Waals surface area contributed by atoms with Gasteiger partial charge in [-0.1, -0.05) is 105 Å². The maximum Gasteiger partial charge on any atom is 0.310 e. The topological polar surface area (TPSA) is 36.9 Å². The number of unbranched alkanes of at least 4 members (excludes halogenated alkanes) is 11. The van der Waals surface area contributed by atoms with Gasteiger partial charge in [0.25, 0.3) is 0 Å². The first kappa shape index (κ1) is 29.8. The summed E-state index contributed by atoms with van der Waals surface area (Å²) in [7, 11) is 1.77. The smallest absolute Gasteiger partial charge is 0.310 e. The summed E-state index contributed by atoms with van der Waals surface area (Å²) in [4.78, 5) is 0. The predicted octanol–water partition coefficient (Wildman–Crippen LogP) is 8.03. The Morgan fingerprint density at radius 1 is 0.500 bits per heavy atom. The Labute approximate surface area is 188 Å². The molecule has 0 radical (unpaired) electrons. The second-order valence-corrected chi connectivity index (χ2v) is 8.55. The summed E-state index contributed by atoms with van der Waals surface area (Å²) in [6.45, 7) is 10.9. The van der Waals surface area contributed by atoms with Crippen LogP contribution < -0.4 is 0 Å². The first-order chi connectivity index (χ1) is 14.7. The number of hydrogen-bond donors (Lipinski definition) is 0. The van der Waals surface area contributed by atoms with Gasteiger partial charge in [-0.15, -0.1) is 0 Å². The van der Waals surface area contributed by atoms with Crippen LogP contribution >= 0.6 is 0 Å². The summed E-state index contributed by atoms with van der Waals surface area (Å²) < 4.78 is 25.1. The zero-order valence-electron chi connectivity index (χ0n) is 21.1. The van der Waals surface area contributed by atoms with E-state index in [-0.39, 0.29) is 6.10 Å². The Hall–Kier alpha value is -0.160. The van der Waals surface area contributed by atoms with E-state index in [2.05, 4.69) is 27.7 Å². The largest absolute Gasteiger partial charge is 0.373 e. The number of rotatable bonds is 24. The van der Waals surface area contributed by atoms with Gasteiger partial charge in [-0.05, 0) is 25.7 Å². The molecule has 0 N–H and O–H groups in total. The van der Waals surface area contributed by atoms with Gasteiger partial charge in [0.1, 0.15) is 6.10 Å². The number of ether oxygens (including phenoxy) is 4. The van der Waals surface area contributed by atoms with Crippen LogP contribution in [0.25, 0.3) is 0 Å². The Balaban J connectivity index is 5.04. The van der Waals surface area contributed by atoms with Crippen molar-refractivity contribution in [3.8, 4) is 0 Å². The van der Waals surface area contributed by atoms with E-state index in [9.17, 15) is 0 Å². The van der Waals surface area contributed by atoms with E-state index in [1.807, 2.05) is 0 Å². The monoisotopic (exact) mass is 430 g/mol. The molecule has 0 aliphatic rings. The minimum Gasteiger partial charge on any atom is -0.373 e. The fourth-order valence-electron chi connectivity index (χ4n) is 3.65. The van der Waals surface area contributed by atoms with Crippen LogP contribution in [0.5, 0.6) is 0 Å². The number of methoxy groups -OCH3 is 1. The van der Waals surface area contributed by atoms with E-state index in [0.717, 1.165) is 51.4 Å². The van der Waals surface area contributed by atoms with Crippen molar-refractivity contribution in [1.29, 1.82) is 0 Å². The maximum atomic E-state index is 6.37. The Morgan fingerprint density at radius 2 is 0.867 bits per heavy atom. The first-order valence-corrected chi connectivity index (χ1v) is 13.1. The molecule has 0 heterocycles. The minimum atomic E-state index is -1.06. The molecule has 30 heavy (non-hydrogen) atoms. The van der Waals surface area contributed by atoms with E-state index < -0.39 is 5.97 Å². The van der Waals surface area contributed by atoms with E-state index in [1.54, 1.807) is 7.11 Å². The quantitative estimate of drug-likeness (QED) is 0.115. The molecule has 0 rings (SSSR count). The van der Waals surface area contributed by atoms with Gasteiger partial charge in [0.05, 0.1) is 19.8 Å². The molecule has 0 aliphatic heterocycles. The molecule has 0 aromatic carbocycles. The zero-order chi connectivity index (χ0) is 22.3. The van der Waals surface area contributed by atoms with E-state index in [4.69, 9.17) is 18.9 Å². The Kier molecular flexibility index (Phi) is 21.9. The van der Waals surface area contributed by atoms with Crippen LogP contribution in [0.15, 0.2) is 0 Å². The van der Waals surface area contributed by atoms with Crippen LogP contribution in [0.4, 0.5) is 0 Å². The zero-order valence-corrected chi connectivity index (χ0v) is 21.1. The van der Waals surface area contributed by atoms with E-state index >= 15 is 0 Å². The van der Waals surface area contributed by atoms with Crippen LogP contribution in [-0.4, -0.2) is 39.0 Å². The van der Waals surface area contributed by atoms with Crippen molar-refractivity contribution in [2.45, 2.75) is 143 Å². The van der Waals surface area contributed by atoms with E-state index in [0.29, 0.717) is 19.8 Å². The summed E-state index contributed by atoms with van der Waals surface area (Å²) in [5, 5.41) is 0. The molecule has 4 heteroatoms. The highest BCUT2D eigenvalue weighted by Gasteiger charge is 2.43. The van der Waals surface area contributed by atoms with Gasteiger partial charge in [0.2, 0.25) is 0 Å². The van der Waals surface area contributed by atoms with Crippen LogP contribution in [0.3, 0.4) is 0 Å². The lowest BCUT2D eigenvalue weighted by Gasteiger charge is -2.39.